The molecule has 0 unspecified atom stereocenters. The highest BCUT2D eigenvalue weighted by Gasteiger charge is 2.27. The number of hydrogen-bond donors (Lipinski definition) is 0. The van der Waals surface area contributed by atoms with Crippen LogP contribution in [0.5, 0.6) is 11.5 Å². The van der Waals surface area contributed by atoms with Gasteiger partial charge < -0.3 is 19.1 Å². The maximum Gasteiger partial charge on any atom is 0.254 e. The number of methoxy groups -OCH3 is 1. The summed E-state index contributed by atoms with van der Waals surface area (Å²) in [6, 6.07) is 15.3. The minimum Gasteiger partial charge on any atom is -0.493 e. The molecule has 0 bridgehead atoms. The quantitative estimate of drug-likeness (QED) is 0.823. The second kappa shape index (κ2) is 8.23. The van der Waals surface area contributed by atoms with Gasteiger partial charge in [0.1, 0.15) is 6.61 Å². The fraction of sp³-hybridized carbons (Fsp3) is 0.381. The monoisotopic (exact) mass is 355 g/mol. The lowest BCUT2D eigenvalue weighted by Crippen LogP contribution is -2.48. The van der Waals surface area contributed by atoms with E-state index in [0.29, 0.717) is 36.8 Å². The van der Waals surface area contributed by atoms with E-state index in [0.717, 1.165) is 5.56 Å². The Morgan fingerprint density at radius 3 is 2.42 bits per heavy atom. The SMILES string of the molecule is COc1cc(C(=O)N2C[C@H](C)O[C@@H](C)C2)ccc1OCc1ccccc1. The molecule has 3 rings (SSSR count). The molecule has 1 aliphatic heterocycles. The predicted molar refractivity (Wildman–Crippen MR) is 99.7 cm³/mol. The van der Waals surface area contributed by atoms with Crippen molar-refractivity contribution in [2.75, 3.05) is 20.2 Å². The molecule has 1 fully saturated rings. The van der Waals surface area contributed by atoms with Gasteiger partial charge in [-0.05, 0) is 37.6 Å². The van der Waals surface area contributed by atoms with Gasteiger partial charge in [-0.3, -0.25) is 4.79 Å². The average Bonchev–Trinajstić information content (AvgIpc) is 2.65. The zero-order valence-electron chi connectivity index (χ0n) is 15.5. The van der Waals surface area contributed by atoms with Crippen molar-refractivity contribution in [3.63, 3.8) is 0 Å². The van der Waals surface area contributed by atoms with Gasteiger partial charge in [-0.2, -0.15) is 0 Å². The van der Waals surface area contributed by atoms with Crippen LogP contribution in [0.4, 0.5) is 0 Å². The van der Waals surface area contributed by atoms with E-state index in [9.17, 15) is 4.79 Å². The number of benzene rings is 2. The molecule has 1 heterocycles. The summed E-state index contributed by atoms with van der Waals surface area (Å²) in [5.74, 6) is 1.16. The largest absolute Gasteiger partial charge is 0.493 e. The number of carbonyl (C=O) groups is 1. The molecule has 2 atom stereocenters. The van der Waals surface area contributed by atoms with Gasteiger partial charge in [0, 0.05) is 18.7 Å². The van der Waals surface area contributed by atoms with Crippen LogP contribution >= 0.6 is 0 Å². The van der Waals surface area contributed by atoms with Gasteiger partial charge in [0.15, 0.2) is 11.5 Å². The maximum atomic E-state index is 12.8. The van der Waals surface area contributed by atoms with Crippen LogP contribution in [0, 0.1) is 0 Å². The zero-order chi connectivity index (χ0) is 18.5. The Morgan fingerprint density at radius 2 is 1.77 bits per heavy atom. The fourth-order valence-electron chi connectivity index (χ4n) is 3.18. The summed E-state index contributed by atoms with van der Waals surface area (Å²) in [5.41, 5.74) is 1.67. The van der Waals surface area contributed by atoms with Crippen molar-refractivity contribution >= 4 is 5.91 Å². The molecule has 1 amide bonds. The van der Waals surface area contributed by atoms with Gasteiger partial charge >= 0.3 is 0 Å². The van der Waals surface area contributed by atoms with Gasteiger partial charge in [0.05, 0.1) is 19.3 Å². The molecule has 0 aliphatic carbocycles. The summed E-state index contributed by atoms with van der Waals surface area (Å²) in [4.78, 5) is 14.7. The number of amides is 1. The van der Waals surface area contributed by atoms with Crippen LogP contribution in [0.2, 0.25) is 0 Å². The van der Waals surface area contributed by atoms with E-state index in [1.54, 1.807) is 25.3 Å². The number of rotatable bonds is 5. The van der Waals surface area contributed by atoms with Crippen molar-refractivity contribution in [3.8, 4) is 11.5 Å². The molecule has 2 aromatic rings. The summed E-state index contributed by atoms with van der Waals surface area (Å²) in [6.07, 6.45) is 0.0798. The molecular formula is C21H25NO4. The number of morpholine rings is 1. The van der Waals surface area contributed by atoms with Crippen LogP contribution in [-0.2, 0) is 11.3 Å². The molecule has 1 aliphatic rings. The molecular weight excluding hydrogens is 330 g/mol. The van der Waals surface area contributed by atoms with Crippen LogP contribution in [0.25, 0.3) is 0 Å². The van der Waals surface area contributed by atoms with E-state index < -0.39 is 0 Å². The lowest BCUT2D eigenvalue weighted by Gasteiger charge is -2.35. The molecule has 26 heavy (non-hydrogen) atoms. The Morgan fingerprint density at radius 1 is 1.08 bits per heavy atom. The van der Waals surface area contributed by atoms with Crippen molar-refractivity contribution < 1.29 is 19.0 Å². The molecule has 138 valence electrons. The Bertz CT molecular complexity index is 737. The van der Waals surface area contributed by atoms with Gasteiger partial charge in [-0.15, -0.1) is 0 Å². The third-order valence-electron chi connectivity index (χ3n) is 4.35. The van der Waals surface area contributed by atoms with Crippen LogP contribution in [-0.4, -0.2) is 43.2 Å². The minimum atomic E-state index is -0.0140. The molecule has 0 aromatic heterocycles. The van der Waals surface area contributed by atoms with Gasteiger partial charge in [-0.1, -0.05) is 30.3 Å². The average molecular weight is 355 g/mol. The number of hydrogen-bond acceptors (Lipinski definition) is 4. The lowest BCUT2D eigenvalue weighted by atomic mass is 10.1. The fourth-order valence-corrected chi connectivity index (χ4v) is 3.18. The molecule has 5 nitrogen and oxygen atoms in total. The Balaban J connectivity index is 1.72. The smallest absolute Gasteiger partial charge is 0.254 e. The molecule has 5 heteroatoms. The number of nitrogens with zero attached hydrogens (tertiary/aromatic N) is 1. The highest BCUT2D eigenvalue weighted by Crippen LogP contribution is 2.29. The Kier molecular flexibility index (Phi) is 5.78. The van der Waals surface area contributed by atoms with Gasteiger partial charge in [0.25, 0.3) is 5.91 Å². The van der Waals surface area contributed by atoms with E-state index in [1.807, 2.05) is 49.1 Å². The Hall–Kier alpha value is -2.53. The normalized spacial score (nSPS) is 19.9. The summed E-state index contributed by atoms with van der Waals surface area (Å²) in [5, 5.41) is 0. The van der Waals surface area contributed by atoms with Crippen molar-refractivity contribution in [3.05, 3.63) is 59.7 Å². The predicted octanol–water partition coefficient (Wildman–Crippen LogP) is 3.52. The zero-order valence-corrected chi connectivity index (χ0v) is 15.5. The van der Waals surface area contributed by atoms with Crippen molar-refractivity contribution in [2.45, 2.75) is 32.7 Å². The van der Waals surface area contributed by atoms with Crippen molar-refractivity contribution in [1.29, 1.82) is 0 Å². The van der Waals surface area contributed by atoms with E-state index in [1.165, 1.54) is 0 Å². The summed E-state index contributed by atoms with van der Waals surface area (Å²) in [6.45, 7) is 5.60. The van der Waals surface area contributed by atoms with E-state index in [2.05, 4.69) is 0 Å². The summed E-state index contributed by atoms with van der Waals surface area (Å²) in [7, 11) is 1.58. The lowest BCUT2D eigenvalue weighted by molar-refractivity contribution is -0.0586. The van der Waals surface area contributed by atoms with Crippen LogP contribution in [0.15, 0.2) is 48.5 Å². The topological polar surface area (TPSA) is 48.0 Å². The highest BCUT2D eigenvalue weighted by atomic mass is 16.5. The van der Waals surface area contributed by atoms with Gasteiger partial charge in [-0.25, -0.2) is 0 Å². The van der Waals surface area contributed by atoms with Crippen LogP contribution in [0.1, 0.15) is 29.8 Å². The third kappa shape index (κ3) is 4.35. The van der Waals surface area contributed by atoms with Crippen LogP contribution in [0.3, 0.4) is 0 Å². The van der Waals surface area contributed by atoms with Gasteiger partial charge in [0.2, 0.25) is 0 Å². The molecule has 0 N–H and O–H groups in total. The second-order valence-corrected chi connectivity index (χ2v) is 6.61. The maximum absolute atomic E-state index is 12.8. The number of ether oxygens (including phenoxy) is 3. The first-order valence-electron chi connectivity index (χ1n) is 8.86. The standard InChI is InChI=1S/C21H25NO4/c1-15-12-22(13-16(2)26-15)21(23)18-9-10-19(20(11-18)24-3)25-14-17-7-5-4-6-8-17/h4-11,15-16H,12-14H2,1-3H3/t15-,16-/m0/s1. The van der Waals surface area contributed by atoms with E-state index in [-0.39, 0.29) is 18.1 Å². The first-order chi connectivity index (χ1) is 12.6. The minimum absolute atomic E-state index is 0.0140. The molecule has 0 radical (unpaired) electrons. The molecule has 0 spiro atoms. The van der Waals surface area contributed by atoms with E-state index >= 15 is 0 Å². The second-order valence-electron chi connectivity index (χ2n) is 6.61. The summed E-state index contributed by atoms with van der Waals surface area (Å²) >= 11 is 0. The summed E-state index contributed by atoms with van der Waals surface area (Å²) < 4.78 is 17.0. The molecule has 0 saturated carbocycles. The third-order valence-corrected chi connectivity index (χ3v) is 4.35. The van der Waals surface area contributed by atoms with E-state index in [4.69, 9.17) is 14.2 Å². The Labute approximate surface area is 154 Å². The number of carbonyl (C=O) groups excluding carboxylic acids is 1. The highest BCUT2D eigenvalue weighted by molar-refractivity contribution is 5.95. The van der Waals surface area contributed by atoms with Crippen molar-refractivity contribution in [2.24, 2.45) is 0 Å². The van der Waals surface area contributed by atoms with Crippen molar-refractivity contribution in [1.82, 2.24) is 4.90 Å². The molecule has 1 saturated heterocycles. The first kappa shape index (κ1) is 18.3. The van der Waals surface area contributed by atoms with Crippen LogP contribution < -0.4 is 9.47 Å². The molecule has 2 aromatic carbocycles. The first-order valence-corrected chi connectivity index (χ1v) is 8.86.